The number of esters is 1. The van der Waals surface area contributed by atoms with E-state index in [4.69, 9.17) is 9.47 Å². The quantitative estimate of drug-likeness (QED) is 0.445. The van der Waals surface area contributed by atoms with Gasteiger partial charge in [0.1, 0.15) is 19.0 Å². The maximum Gasteiger partial charge on any atom is 2.00 e. The van der Waals surface area contributed by atoms with Crippen molar-refractivity contribution in [3.63, 3.8) is 0 Å². The molecule has 0 aliphatic carbocycles. The van der Waals surface area contributed by atoms with Gasteiger partial charge in [0.25, 0.3) is 0 Å². The third-order valence-corrected chi connectivity index (χ3v) is 1.65. The van der Waals surface area contributed by atoms with Crippen molar-refractivity contribution < 1.29 is 17.1 Å². The van der Waals surface area contributed by atoms with Crippen LogP contribution in [0.25, 0.3) is 0 Å². The molecule has 0 aliphatic heterocycles. The Kier molecular flexibility index (Phi) is 8.86. The van der Waals surface area contributed by atoms with Crippen molar-refractivity contribution in [3.8, 4) is 5.75 Å². The van der Waals surface area contributed by atoms with Gasteiger partial charge in [-0.3, -0.25) is 4.79 Å². The fourth-order valence-corrected chi connectivity index (χ4v) is 0.934. The summed E-state index contributed by atoms with van der Waals surface area (Å²) in [6.07, 6.45) is 0.408. The van der Waals surface area contributed by atoms with Crippen LogP contribution in [0.3, 0.4) is 0 Å². The van der Waals surface area contributed by atoms with Gasteiger partial charge in [0.15, 0.2) is 0 Å². The third kappa shape index (κ3) is 6.77. The molecule has 1 aromatic rings. The van der Waals surface area contributed by atoms with E-state index in [1.54, 1.807) is 6.92 Å². The first-order chi connectivity index (χ1) is 6.83. The maximum absolute atomic E-state index is 10.7. The summed E-state index contributed by atoms with van der Waals surface area (Å²) in [5.74, 6) is 0.599. The molecule has 0 bridgehead atoms. The van der Waals surface area contributed by atoms with Crippen LogP contribution in [0.1, 0.15) is 16.2 Å². The summed E-state index contributed by atoms with van der Waals surface area (Å²) in [5, 5.41) is 0. The molecule has 4 heteroatoms. The summed E-state index contributed by atoms with van der Waals surface area (Å²) in [6, 6.07) is 9.44. The maximum atomic E-state index is 10.7. The van der Waals surface area contributed by atoms with E-state index in [1.165, 1.54) is 0 Å². The van der Waals surface area contributed by atoms with E-state index < -0.39 is 0 Å². The second-order valence-corrected chi connectivity index (χ2v) is 2.74. The summed E-state index contributed by atoms with van der Waals surface area (Å²) in [4.78, 5) is 10.7. The Balaban J connectivity index is -0.000000653. The molecule has 0 saturated carbocycles. The molecular weight excluding hydrogens is 220 g/mol. The van der Waals surface area contributed by atoms with Crippen LogP contribution in [0.15, 0.2) is 30.3 Å². The largest absolute Gasteiger partial charge is 2.00 e. The van der Waals surface area contributed by atoms with Crippen LogP contribution >= 0.6 is 0 Å². The molecule has 0 aliphatic rings. The standard InChI is InChI=1S/C11H14O3.Ca.2H/c1-2-11(12)14-9-8-13-10-6-4-3-5-7-10;;;/h3-7H,2,8-9H2,1H3;;;/q;+2;2*-1. The van der Waals surface area contributed by atoms with Gasteiger partial charge >= 0.3 is 43.7 Å². The van der Waals surface area contributed by atoms with Crippen molar-refractivity contribution in [2.75, 3.05) is 13.2 Å². The molecule has 0 aromatic heterocycles. The number of para-hydroxylation sites is 1. The van der Waals surface area contributed by atoms with Gasteiger partial charge < -0.3 is 12.3 Å². The van der Waals surface area contributed by atoms with Crippen molar-refractivity contribution in [1.29, 1.82) is 0 Å². The number of ether oxygens (including phenoxy) is 2. The Morgan fingerprint density at radius 1 is 1.27 bits per heavy atom. The van der Waals surface area contributed by atoms with Crippen molar-refractivity contribution in [1.82, 2.24) is 0 Å². The molecule has 3 nitrogen and oxygen atoms in total. The van der Waals surface area contributed by atoms with E-state index in [9.17, 15) is 4.79 Å². The van der Waals surface area contributed by atoms with E-state index in [0.29, 0.717) is 19.6 Å². The normalized spacial score (nSPS) is 8.87. The Morgan fingerprint density at radius 3 is 2.53 bits per heavy atom. The Hall–Kier alpha value is -0.250. The van der Waals surface area contributed by atoms with Crippen molar-refractivity contribution in [2.24, 2.45) is 0 Å². The Bertz CT molecular complexity index is 283. The van der Waals surface area contributed by atoms with Crippen LogP contribution in [0.2, 0.25) is 0 Å². The van der Waals surface area contributed by atoms with Gasteiger partial charge in [-0.25, -0.2) is 0 Å². The molecule has 0 unspecified atom stereocenters. The number of benzene rings is 1. The molecule has 0 atom stereocenters. The molecule has 15 heavy (non-hydrogen) atoms. The van der Waals surface area contributed by atoms with Crippen LogP contribution in [0.4, 0.5) is 0 Å². The number of carbonyl (C=O) groups excluding carboxylic acids is 1. The van der Waals surface area contributed by atoms with Gasteiger partial charge in [-0.05, 0) is 12.1 Å². The minimum Gasteiger partial charge on any atom is -1.00 e. The topological polar surface area (TPSA) is 35.5 Å². The number of hydrogen-bond acceptors (Lipinski definition) is 3. The van der Waals surface area contributed by atoms with Gasteiger partial charge in [-0.15, -0.1) is 0 Å². The molecule has 0 amide bonds. The molecular formula is C11H16CaO3. The zero-order valence-electron chi connectivity index (χ0n) is 10.9. The van der Waals surface area contributed by atoms with E-state index in [2.05, 4.69) is 0 Å². The average Bonchev–Trinajstić information content (AvgIpc) is 2.25. The summed E-state index contributed by atoms with van der Waals surface area (Å²) in [6.45, 7) is 2.47. The van der Waals surface area contributed by atoms with E-state index in [-0.39, 0.29) is 46.6 Å². The fourth-order valence-electron chi connectivity index (χ4n) is 0.934. The van der Waals surface area contributed by atoms with E-state index in [1.807, 2.05) is 30.3 Å². The fraction of sp³-hybridized carbons (Fsp3) is 0.364. The van der Waals surface area contributed by atoms with Gasteiger partial charge in [-0.1, -0.05) is 25.1 Å². The summed E-state index contributed by atoms with van der Waals surface area (Å²) >= 11 is 0. The molecule has 0 radical (unpaired) electrons. The minimum absolute atomic E-state index is 0. The molecule has 0 N–H and O–H groups in total. The first kappa shape index (κ1) is 14.7. The van der Waals surface area contributed by atoms with Crippen LogP contribution in [0.5, 0.6) is 5.75 Å². The molecule has 1 rings (SSSR count). The average molecular weight is 236 g/mol. The predicted molar refractivity (Wildman–Crippen MR) is 61.2 cm³/mol. The van der Waals surface area contributed by atoms with Gasteiger partial charge in [0.2, 0.25) is 0 Å². The van der Waals surface area contributed by atoms with Crippen molar-refractivity contribution in [2.45, 2.75) is 13.3 Å². The predicted octanol–water partition coefficient (Wildman–Crippen LogP) is 1.86. The number of hydrogen-bond donors (Lipinski definition) is 0. The number of carbonyl (C=O) groups is 1. The van der Waals surface area contributed by atoms with E-state index >= 15 is 0 Å². The number of rotatable bonds is 5. The molecule has 80 valence electrons. The van der Waals surface area contributed by atoms with Crippen LogP contribution < -0.4 is 4.74 Å². The van der Waals surface area contributed by atoms with Crippen LogP contribution in [-0.4, -0.2) is 56.9 Å². The molecule has 0 saturated heterocycles. The third-order valence-electron chi connectivity index (χ3n) is 1.65. The second kappa shape index (κ2) is 9.01. The van der Waals surface area contributed by atoms with Gasteiger partial charge in [-0.2, -0.15) is 0 Å². The first-order valence-corrected chi connectivity index (χ1v) is 4.66. The van der Waals surface area contributed by atoms with E-state index in [0.717, 1.165) is 5.75 Å². The van der Waals surface area contributed by atoms with Gasteiger partial charge in [0.05, 0.1) is 0 Å². The SMILES string of the molecule is CCC(=O)OCCOc1ccccc1.[Ca+2].[H-].[H-]. The first-order valence-electron chi connectivity index (χ1n) is 4.66. The van der Waals surface area contributed by atoms with Gasteiger partial charge in [0, 0.05) is 6.42 Å². The second-order valence-electron chi connectivity index (χ2n) is 2.74. The Labute approximate surface area is 123 Å². The Morgan fingerprint density at radius 2 is 1.93 bits per heavy atom. The van der Waals surface area contributed by atoms with Crippen LogP contribution in [-0.2, 0) is 9.53 Å². The van der Waals surface area contributed by atoms with Crippen molar-refractivity contribution >= 4 is 43.7 Å². The zero-order valence-corrected chi connectivity index (χ0v) is 11.1. The molecule has 0 heterocycles. The van der Waals surface area contributed by atoms with Crippen molar-refractivity contribution in [3.05, 3.63) is 30.3 Å². The summed E-state index contributed by atoms with van der Waals surface area (Å²) < 4.78 is 10.2. The monoisotopic (exact) mass is 236 g/mol. The molecule has 1 aromatic carbocycles. The minimum atomic E-state index is -0.193. The summed E-state index contributed by atoms with van der Waals surface area (Å²) in [5.41, 5.74) is 0. The van der Waals surface area contributed by atoms with Crippen LogP contribution in [0, 0.1) is 0 Å². The molecule has 0 spiro atoms. The summed E-state index contributed by atoms with van der Waals surface area (Å²) in [7, 11) is 0. The molecule has 0 fully saturated rings. The zero-order chi connectivity index (χ0) is 10.2. The smallest absolute Gasteiger partial charge is 1.00 e.